The van der Waals surface area contributed by atoms with Gasteiger partial charge in [-0.25, -0.2) is 0 Å². The first-order valence-electron chi connectivity index (χ1n) is 6.39. The molecule has 1 aliphatic carbocycles. The summed E-state index contributed by atoms with van der Waals surface area (Å²) in [5.41, 5.74) is 3.03. The number of rotatable bonds is 2. The lowest BCUT2D eigenvalue weighted by Crippen LogP contribution is -2.51. The molecule has 1 N–H and O–H groups in total. The molecule has 0 unspecified atom stereocenters. The number of methoxy groups -OCH3 is 1. The Labute approximate surface area is 107 Å². The Morgan fingerprint density at radius 1 is 1.44 bits per heavy atom. The first-order valence-corrected chi connectivity index (χ1v) is 6.39. The van der Waals surface area contributed by atoms with Crippen LogP contribution in [-0.2, 0) is 4.74 Å². The number of ether oxygens (including phenoxy) is 1. The van der Waals surface area contributed by atoms with E-state index in [1.165, 1.54) is 5.69 Å². The summed E-state index contributed by atoms with van der Waals surface area (Å²) in [6, 6.07) is 8.64. The van der Waals surface area contributed by atoms with Gasteiger partial charge in [-0.05, 0) is 31.0 Å². The van der Waals surface area contributed by atoms with Crippen LogP contribution in [0.4, 0.5) is 11.4 Å². The van der Waals surface area contributed by atoms with Gasteiger partial charge in [0.05, 0.1) is 29.1 Å². The molecule has 0 saturated heterocycles. The molecule has 0 radical (unpaired) electrons. The fourth-order valence-electron chi connectivity index (χ4n) is 2.78. The second-order valence-corrected chi connectivity index (χ2v) is 4.95. The Hall–Kier alpha value is -1.73. The molecule has 4 heteroatoms. The molecule has 0 aromatic heterocycles. The van der Waals surface area contributed by atoms with E-state index >= 15 is 0 Å². The quantitative estimate of drug-likeness (QED) is 0.862. The lowest BCUT2D eigenvalue weighted by Gasteiger charge is -2.46. The zero-order valence-electron chi connectivity index (χ0n) is 10.5. The Bertz CT molecular complexity index is 488. The summed E-state index contributed by atoms with van der Waals surface area (Å²) in [5, 5.41) is 12.4. The molecule has 4 nitrogen and oxygen atoms in total. The lowest BCUT2D eigenvalue weighted by atomic mass is 9.87. The third kappa shape index (κ3) is 1.81. The molecule has 1 fully saturated rings. The minimum absolute atomic E-state index is 0.410. The van der Waals surface area contributed by atoms with Crippen molar-refractivity contribution in [3.63, 3.8) is 0 Å². The van der Waals surface area contributed by atoms with Gasteiger partial charge in [0.1, 0.15) is 0 Å². The Morgan fingerprint density at radius 3 is 3.00 bits per heavy atom. The van der Waals surface area contributed by atoms with Crippen molar-refractivity contribution < 1.29 is 4.74 Å². The monoisotopic (exact) mass is 243 g/mol. The van der Waals surface area contributed by atoms with Crippen LogP contribution < -0.4 is 10.2 Å². The first kappa shape index (κ1) is 11.4. The topological polar surface area (TPSA) is 48.3 Å². The third-order valence-corrected chi connectivity index (χ3v) is 3.95. The van der Waals surface area contributed by atoms with Crippen LogP contribution in [0.3, 0.4) is 0 Å². The van der Waals surface area contributed by atoms with Crippen molar-refractivity contribution in [2.24, 2.45) is 0 Å². The van der Waals surface area contributed by atoms with Crippen LogP contribution >= 0.6 is 0 Å². The first-order chi connectivity index (χ1) is 8.81. The minimum atomic E-state index is 0.410. The van der Waals surface area contributed by atoms with E-state index in [0.29, 0.717) is 12.1 Å². The highest BCUT2D eigenvalue weighted by Crippen LogP contribution is 2.37. The molecule has 18 heavy (non-hydrogen) atoms. The van der Waals surface area contributed by atoms with Gasteiger partial charge >= 0.3 is 0 Å². The number of hydrogen-bond acceptors (Lipinski definition) is 4. The van der Waals surface area contributed by atoms with Gasteiger partial charge in [-0.2, -0.15) is 5.26 Å². The van der Waals surface area contributed by atoms with Crippen LogP contribution in [0.25, 0.3) is 0 Å². The van der Waals surface area contributed by atoms with E-state index in [4.69, 9.17) is 10.00 Å². The summed E-state index contributed by atoms with van der Waals surface area (Å²) >= 11 is 0. The van der Waals surface area contributed by atoms with Crippen LogP contribution in [0.1, 0.15) is 18.4 Å². The highest BCUT2D eigenvalue weighted by atomic mass is 16.5. The molecule has 3 rings (SSSR count). The van der Waals surface area contributed by atoms with Gasteiger partial charge in [-0.15, -0.1) is 0 Å². The zero-order valence-corrected chi connectivity index (χ0v) is 10.5. The number of anilines is 2. The Morgan fingerprint density at radius 2 is 2.28 bits per heavy atom. The van der Waals surface area contributed by atoms with Crippen LogP contribution in [0.15, 0.2) is 18.2 Å². The van der Waals surface area contributed by atoms with E-state index in [2.05, 4.69) is 16.3 Å². The van der Waals surface area contributed by atoms with Gasteiger partial charge in [-0.3, -0.25) is 0 Å². The van der Waals surface area contributed by atoms with E-state index in [9.17, 15) is 0 Å². The third-order valence-electron chi connectivity index (χ3n) is 3.95. The second kappa shape index (κ2) is 4.51. The lowest BCUT2D eigenvalue weighted by molar-refractivity contribution is 0.0254. The Balaban J connectivity index is 1.85. The largest absolute Gasteiger partial charge is 0.382 e. The van der Waals surface area contributed by atoms with Crippen LogP contribution in [0.5, 0.6) is 0 Å². The van der Waals surface area contributed by atoms with Gasteiger partial charge in [0, 0.05) is 26.2 Å². The van der Waals surface area contributed by atoms with Crippen molar-refractivity contribution in [3.05, 3.63) is 23.8 Å². The number of nitrogens with zero attached hydrogens (tertiary/aromatic N) is 2. The highest BCUT2D eigenvalue weighted by molar-refractivity contribution is 5.74. The summed E-state index contributed by atoms with van der Waals surface area (Å²) < 4.78 is 5.35. The molecule has 1 aromatic carbocycles. The fourth-order valence-corrected chi connectivity index (χ4v) is 2.78. The van der Waals surface area contributed by atoms with Gasteiger partial charge in [0.25, 0.3) is 0 Å². The minimum Gasteiger partial charge on any atom is -0.382 e. The number of nitriles is 1. The van der Waals surface area contributed by atoms with Gasteiger partial charge < -0.3 is 15.0 Å². The van der Waals surface area contributed by atoms with Crippen molar-refractivity contribution in [1.29, 1.82) is 5.26 Å². The smallest absolute Gasteiger partial charge is 0.0992 e. The summed E-state index contributed by atoms with van der Waals surface area (Å²) in [6.07, 6.45) is 2.59. The molecule has 0 bridgehead atoms. The molecule has 0 amide bonds. The molecule has 2 aliphatic rings. The summed E-state index contributed by atoms with van der Waals surface area (Å²) in [4.78, 5) is 2.42. The summed E-state index contributed by atoms with van der Waals surface area (Å²) in [7, 11) is 1.78. The van der Waals surface area contributed by atoms with Crippen molar-refractivity contribution in [2.75, 3.05) is 30.4 Å². The summed E-state index contributed by atoms with van der Waals surface area (Å²) in [5.74, 6) is 0. The van der Waals surface area contributed by atoms with Crippen molar-refractivity contribution in [3.8, 4) is 6.07 Å². The standard InChI is InChI=1S/C14H17N3O/c1-18-12-7-11(8-12)17-5-4-16-13-3-2-10(9-15)6-14(13)17/h2-3,6,11-12,16H,4-5,7-8H2,1H3/t11-,12+. The average molecular weight is 243 g/mol. The van der Waals surface area contributed by atoms with Crippen LogP contribution in [0, 0.1) is 11.3 Å². The van der Waals surface area contributed by atoms with Crippen molar-refractivity contribution >= 4 is 11.4 Å². The second-order valence-electron chi connectivity index (χ2n) is 4.95. The maximum Gasteiger partial charge on any atom is 0.0992 e. The molecule has 94 valence electrons. The maximum absolute atomic E-state index is 9.01. The molecule has 1 saturated carbocycles. The van der Waals surface area contributed by atoms with Crippen molar-refractivity contribution in [2.45, 2.75) is 25.0 Å². The van der Waals surface area contributed by atoms with Gasteiger partial charge in [-0.1, -0.05) is 0 Å². The van der Waals surface area contributed by atoms with Crippen LogP contribution in [0.2, 0.25) is 0 Å². The fraction of sp³-hybridized carbons (Fsp3) is 0.500. The van der Waals surface area contributed by atoms with Gasteiger partial charge in [0.2, 0.25) is 0 Å². The van der Waals surface area contributed by atoms with E-state index in [1.807, 2.05) is 18.2 Å². The average Bonchev–Trinajstić information content (AvgIpc) is 2.37. The van der Waals surface area contributed by atoms with E-state index in [-0.39, 0.29) is 0 Å². The number of hydrogen-bond donors (Lipinski definition) is 1. The number of fused-ring (bicyclic) bond motifs is 1. The molecule has 1 heterocycles. The molecule has 1 aromatic rings. The van der Waals surface area contributed by atoms with Gasteiger partial charge in [0.15, 0.2) is 0 Å². The number of benzene rings is 1. The molecule has 1 aliphatic heterocycles. The maximum atomic E-state index is 9.01. The molecular weight excluding hydrogens is 226 g/mol. The number of nitrogens with one attached hydrogen (secondary N) is 1. The van der Waals surface area contributed by atoms with Crippen molar-refractivity contribution in [1.82, 2.24) is 0 Å². The SMILES string of the molecule is CO[C@H]1C[C@@H](N2CCNc3ccc(C#N)cc32)C1. The normalized spacial score (nSPS) is 25.7. The predicted octanol–water partition coefficient (Wildman–Crippen LogP) is 1.97. The molecule has 0 spiro atoms. The van der Waals surface area contributed by atoms with E-state index in [0.717, 1.165) is 37.2 Å². The zero-order chi connectivity index (χ0) is 12.5. The summed E-state index contributed by atoms with van der Waals surface area (Å²) in [6.45, 7) is 1.97. The highest BCUT2D eigenvalue weighted by Gasteiger charge is 2.35. The predicted molar refractivity (Wildman–Crippen MR) is 70.8 cm³/mol. The van der Waals surface area contributed by atoms with E-state index < -0.39 is 0 Å². The van der Waals surface area contributed by atoms with Crippen LogP contribution in [-0.4, -0.2) is 32.3 Å². The van der Waals surface area contributed by atoms with E-state index in [1.54, 1.807) is 7.11 Å². The molecular formula is C14H17N3O. The molecule has 0 atom stereocenters. The Kier molecular flexibility index (Phi) is 2.85.